The van der Waals surface area contributed by atoms with Crippen molar-refractivity contribution in [1.29, 1.82) is 0 Å². The second kappa shape index (κ2) is 14.9. The Balaban J connectivity index is 1.86. The smallest absolute Gasteiger partial charge is 0.243 e. The number of rotatable bonds is 13. The predicted octanol–water partition coefficient (Wildman–Crippen LogP) is 7.03. The summed E-state index contributed by atoms with van der Waals surface area (Å²) in [7, 11) is 0. The van der Waals surface area contributed by atoms with Crippen LogP contribution in [-0.2, 0) is 22.6 Å². The van der Waals surface area contributed by atoms with Gasteiger partial charge in [-0.1, -0.05) is 91.1 Å². The van der Waals surface area contributed by atoms with Crippen LogP contribution >= 0.6 is 35.0 Å². The molecule has 1 atom stereocenters. The number of carbonyl (C=O) groups excluding carboxylic acids is 2. The summed E-state index contributed by atoms with van der Waals surface area (Å²) in [5, 5.41) is 4.04. The number of thioether (sulfide) groups is 1. The molecule has 0 bridgehead atoms. The van der Waals surface area contributed by atoms with E-state index in [0.717, 1.165) is 28.9 Å². The molecule has 0 spiro atoms. The summed E-state index contributed by atoms with van der Waals surface area (Å²) in [6, 6.07) is 24.4. The van der Waals surface area contributed by atoms with Crippen molar-refractivity contribution in [3.8, 4) is 0 Å². The average molecular weight is 544 g/mol. The largest absolute Gasteiger partial charge is 0.354 e. The molecule has 190 valence electrons. The lowest BCUT2D eigenvalue weighted by atomic mass is 10.0. The number of nitrogens with zero attached hydrogens (tertiary/aromatic N) is 1. The molecule has 0 fully saturated rings. The molecule has 3 aromatic rings. The molecular weight excluding hydrogens is 511 g/mol. The van der Waals surface area contributed by atoms with Crippen LogP contribution in [0.4, 0.5) is 0 Å². The Morgan fingerprint density at radius 2 is 1.67 bits per heavy atom. The van der Waals surface area contributed by atoms with Crippen molar-refractivity contribution in [3.05, 3.63) is 100 Å². The molecule has 0 aliphatic carbocycles. The number of hydrogen-bond acceptors (Lipinski definition) is 3. The first-order chi connectivity index (χ1) is 17.5. The molecule has 0 aromatic heterocycles. The number of nitrogens with one attached hydrogen (secondary N) is 1. The monoisotopic (exact) mass is 542 g/mol. The van der Waals surface area contributed by atoms with Crippen LogP contribution in [0.3, 0.4) is 0 Å². The minimum Gasteiger partial charge on any atom is -0.354 e. The molecule has 0 heterocycles. The highest BCUT2D eigenvalue weighted by Gasteiger charge is 2.30. The number of hydrogen-bond donors (Lipinski definition) is 1. The van der Waals surface area contributed by atoms with E-state index in [2.05, 4.69) is 12.2 Å². The normalized spacial score (nSPS) is 11.6. The molecule has 4 nitrogen and oxygen atoms in total. The maximum absolute atomic E-state index is 13.6. The van der Waals surface area contributed by atoms with Crippen LogP contribution < -0.4 is 5.32 Å². The van der Waals surface area contributed by atoms with Crippen LogP contribution in [0.5, 0.6) is 0 Å². The molecule has 3 rings (SSSR count). The fraction of sp³-hybridized carbons (Fsp3) is 0.310. The SMILES string of the molecule is CCCCNC(=O)C(Cc1ccccc1)N(Cc1ccc(Cl)cc1Cl)C(=O)CCSc1ccccc1. The highest BCUT2D eigenvalue weighted by atomic mass is 35.5. The Bertz CT molecular complexity index is 1110. The molecule has 3 aromatic carbocycles. The zero-order valence-electron chi connectivity index (χ0n) is 20.5. The van der Waals surface area contributed by atoms with Crippen molar-refractivity contribution in [3.63, 3.8) is 0 Å². The van der Waals surface area contributed by atoms with Gasteiger partial charge in [-0.25, -0.2) is 0 Å². The fourth-order valence-electron chi connectivity index (χ4n) is 3.81. The van der Waals surface area contributed by atoms with E-state index in [4.69, 9.17) is 23.2 Å². The third-order valence-corrected chi connectivity index (χ3v) is 7.39. The van der Waals surface area contributed by atoms with Gasteiger partial charge < -0.3 is 10.2 Å². The summed E-state index contributed by atoms with van der Waals surface area (Å²) >= 11 is 14.2. The molecule has 36 heavy (non-hydrogen) atoms. The highest BCUT2D eigenvalue weighted by Crippen LogP contribution is 2.25. The van der Waals surface area contributed by atoms with Gasteiger partial charge in [0.2, 0.25) is 11.8 Å². The van der Waals surface area contributed by atoms with Gasteiger partial charge in [0, 0.05) is 46.6 Å². The van der Waals surface area contributed by atoms with E-state index in [1.165, 1.54) is 0 Å². The second-order valence-electron chi connectivity index (χ2n) is 8.52. The third-order valence-electron chi connectivity index (χ3n) is 5.78. The maximum atomic E-state index is 13.6. The Morgan fingerprint density at radius 1 is 0.972 bits per heavy atom. The standard InChI is InChI=1S/C29H32Cl2N2O2S/c1-2-3-17-32-29(35)27(19-22-10-6-4-7-11-22)33(21-23-14-15-24(30)20-26(23)31)28(34)16-18-36-25-12-8-5-9-13-25/h4-15,20,27H,2-3,16-19,21H2,1H3,(H,32,35). The first-order valence-electron chi connectivity index (χ1n) is 12.2. The minimum atomic E-state index is -0.662. The van der Waals surface area contributed by atoms with Crippen LogP contribution in [0.25, 0.3) is 0 Å². The topological polar surface area (TPSA) is 49.4 Å². The Hall–Kier alpha value is -2.47. The van der Waals surface area contributed by atoms with Crippen molar-refractivity contribution in [2.24, 2.45) is 0 Å². The molecular formula is C29H32Cl2N2O2S. The molecule has 1 unspecified atom stereocenters. The van der Waals surface area contributed by atoms with Gasteiger partial charge in [0.25, 0.3) is 0 Å². The van der Waals surface area contributed by atoms with E-state index in [9.17, 15) is 9.59 Å². The Labute approximate surface area is 228 Å². The van der Waals surface area contributed by atoms with Crippen LogP contribution in [-0.4, -0.2) is 35.1 Å². The first-order valence-corrected chi connectivity index (χ1v) is 13.9. The van der Waals surface area contributed by atoms with Gasteiger partial charge in [-0.15, -0.1) is 11.8 Å². The lowest BCUT2D eigenvalue weighted by Crippen LogP contribution is -2.50. The third kappa shape index (κ3) is 8.88. The van der Waals surface area contributed by atoms with Gasteiger partial charge in [-0.3, -0.25) is 9.59 Å². The molecule has 0 aliphatic heterocycles. The highest BCUT2D eigenvalue weighted by molar-refractivity contribution is 7.99. The molecule has 0 saturated carbocycles. The van der Waals surface area contributed by atoms with Crippen LogP contribution in [0.1, 0.15) is 37.3 Å². The molecule has 7 heteroatoms. The van der Waals surface area contributed by atoms with Crippen molar-refractivity contribution >= 4 is 46.8 Å². The van der Waals surface area contributed by atoms with E-state index >= 15 is 0 Å². The van der Waals surface area contributed by atoms with E-state index < -0.39 is 6.04 Å². The van der Waals surface area contributed by atoms with Crippen molar-refractivity contribution in [2.75, 3.05) is 12.3 Å². The zero-order valence-corrected chi connectivity index (χ0v) is 22.8. The fourth-order valence-corrected chi connectivity index (χ4v) is 5.14. The van der Waals surface area contributed by atoms with Gasteiger partial charge in [-0.2, -0.15) is 0 Å². The molecule has 2 amide bonds. The van der Waals surface area contributed by atoms with Crippen LogP contribution in [0.2, 0.25) is 10.0 Å². The number of unbranched alkanes of at least 4 members (excludes halogenated alkanes) is 1. The molecule has 0 saturated heterocycles. The minimum absolute atomic E-state index is 0.0870. The summed E-state index contributed by atoms with van der Waals surface area (Å²) < 4.78 is 0. The van der Waals surface area contributed by atoms with Gasteiger partial charge in [-0.05, 0) is 41.8 Å². The summed E-state index contributed by atoms with van der Waals surface area (Å²) in [5.74, 6) is 0.376. The quantitative estimate of drug-likeness (QED) is 0.186. The Morgan fingerprint density at radius 3 is 2.33 bits per heavy atom. The second-order valence-corrected chi connectivity index (χ2v) is 10.5. The summed E-state index contributed by atoms with van der Waals surface area (Å²) in [6.07, 6.45) is 2.58. The predicted molar refractivity (Wildman–Crippen MR) is 151 cm³/mol. The molecule has 1 N–H and O–H groups in total. The van der Waals surface area contributed by atoms with Gasteiger partial charge in [0.15, 0.2) is 0 Å². The van der Waals surface area contributed by atoms with Gasteiger partial charge >= 0.3 is 0 Å². The van der Waals surface area contributed by atoms with Gasteiger partial charge in [0.05, 0.1) is 0 Å². The van der Waals surface area contributed by atoms with Crippen molar-refractivity contribution in [1.82, 2.24) is 10.2 Å². The van der Waals surface area contributed by atoms with E-state index in [-0.39, 0.29) is 18.4 Å². The summed E-state index contributed by atoms with van der Waals surface area (Å²) in [4.78, 5) is 29.9. The summed E-state index contributed by atoms with van der Waals surface area (Å²) in [6.45, 7) is 2.88. The van der Waals surface area contributed by atoms with Gasteiger partial charge in [0.1, 0.15) is 6.04 Å². The van der Waals surface area contributed by atoms with E-state index in [0.29, 0.717) is 35.2 Å². The van der Waals surface area contributed by atoms with Crippen LogP contribution in [0.15, 0.2) is 83.8 Å². The number of amides is 2. The Kier molecular flexibility index (Phi) is 11.7. The van der Waals surface area contributed by atoms with E-state index in [1.54, 1.807) is 28.8 Å². The summed E-state index contributed by atoms with van der Waals surface area (Å²) in [5.41, 5.74) is 1.75. The zero-order chi connectivity index (χ0) is 25.8. The van der Waals surface area contributed by atoms with Crippen molar-refractivity contribution < 1.29 is 9.59 Å². The average Bonchev–Trinajstić information content (AvgIpc) is 2.88. The lowest BCUT2D eigenvalue weighted by molar-refractivity contribution is -0.141. The van der Waals surface area contributed by atoms with Crippen molar-refractivity contribution in [2.45, 2.75) is 50.1 Å². The van der Waals surface area contributed by atoms with E-state index in [1.807, 2.05) is 66.7 Å². The maximum Gasteiger partial charge on any atom is 0.243 e. The molecule has 0 aliphatic rings. The number of carbonyl (C=O) groups is 2. The van der Waals surface area contributed by atoms with Crippen LogP contribution in [0, 0.1) is 0 Å². The number of halogens is 2. The number of benzene rings is 3. The first kappa shape index (κ1) is 28.1. The lowest BCUT2D eigenvalue weighted by Gasteiger charge is -2.32. The molecule has 0 radical (unpaired) electrons.